The summed E-state index contributed by atoms with van der Waals surface area (Å²) in [5.74, 6) is -0.223. The molecule has 0 N–H and O–H groups in total. The Morgan fingerprint density at radius 3 is 2.67 bits per heavy atom. The smallest absolute Gasteiger partial charge is 0.346 e. The van der Waals surface area contributed by atoms with E-state index in [0.717, 1.165) is 24.0 Å². The van der Waals surface area contributed by atoms with Crippen LogP contribution in [0.4, 0.5) is 0 Å². The van der Waals surface area contributed by atoms with Gasteiger partial charge in [-0.1, -0.05) is 74.1 Å². The third kappa shape index (κ3) is 5.62. The summed E-state index contributed by atoms with van der Waals surface area (Å²) >= 11 is 1.75. The molecule has 0 radical (unpaired) electrons. The van der Waals surface area contributed by atoms with Gasteiger partial charge in [0, 0.05) is 34.3 Å². The van der Waals surface area contributed by atoms with E-state index >= 15 is 0 Å². The predicted molar refractivity (Wildman–Crippen MR) is 155 cm³/mol. The molecule has 39 heavy (non-hydrogen) atoms. The van der Waals surface area contributed by atoms with Crippen LogP contribution in [0.5, 0.6) is 0 Å². The Morgan fingerprint density at radius 2 is 1.97 bits per heavy atom. The Labute approximate surface area is 236 Å². The average Bonchev–Trinajstić information content (AvgIpc) is 3.23. The highest BCUT2D eigenvalue weighted by molar-refractivity contribution is 7.99. The van der Waals surface area contributed by atoms with Crippen molar-refractivity contribution in [2.24, 2.45) is 17.3 Å². The lowest BCUT2D eigenvalue weighted by Gasteiger charge is -2.38. The maximum Gasteiger partial charge on any atom is 0.346 e. The summed E-state index contributed by atoms with van der Waals surface area (Å²) in [7, 11) is 1.50. The fourth-order valence-electron chi connectivity index (χ4n) is 6.05. The van der Waals surface area contributed by atoms with Crippen LogP contribution < -0.4 is 0 Å². The number of Topliss-reactive ketones (excluding diaryl/α,β-unsaturated/α-hetero) is 1. The van der Waals surface area contributed by atoms with E-state index in [1.807, 2.05) is 50.3 Å². The Balaban J connectivity index is 1.68. The number of benzene rings is 1. The van der Waals surface area contributed by atoms with Gasteiger partial charge in [-0.15, -0.1) is 11.8 Å². The summed E-state index contributed by atoms with van der Waals surface area (Å²) < 4.78 is 11.9. The lowest BCUT2D eigenvalue weighted by atomic mass is 9.63. The normalized spacial score (nSPS) is 29.1. The van der Waals surface area contributed by atoms with E-state index in [1.54, 1.807) is 11.8 Å². The highest BCUT2D eigenvalue weighted by atomic mass is 32.2. The first-order valence-corrected chi connectivity index (χ1v) is 14.7. The van der Waals surface area contributed by atoms with Crippen LogP contribution in [0.25, 0.3) is 0 Å². The molecule has 0 amide bonds. The Bertz CT molecular complexity index is 1250. The summed E-state index contributed by atoms with van der Waals surface area (Å²) in [6, 6.07) is 10.2. The number of rotatable bonds is 10. The van der Waals surface area contributed by atoms with Gasteiger partial charge in [0.05, 0.1) is 7.11 Å². The SMILES string of the molecule is CC/C(C=O)=C\[C@@H]1CC=CCC12OC(=O)C(C(=O)[C@@]1(C)CCC=C[C@H]1/C(C)=C/CSc1ccccc1)=C2OC. The number of carbonyl (C=O) groups excluding carboxylic acids is 3. The van der Waals surface area contributed by atoms with Gasteiger partial charge >= 0.3 is 5.97 Å². The van der Waals surface area contributed by atoms with Gasteiger partial charge in [-0.25, -0.2) is 4.79 Å². The van der Waals surface area contributed by atoms with E-state index in [4.69, 9.17) is 9.47 Å². The number of esters is 1. The van der Waals surface area contributed by atoms with Crippen LogP contribution in [0.2, 0.25) is 0 Å². The fourth-order valence-corrected chi connectivity index (χ4v) is 6.94. The quantitative estimate of drug-likeness (QED) is 0.0789. The van der Waals surface area contributed by atoms with E-state index in [9.17, 15) is 14.4 Å². The number of ether oxygens (including phenoxy) is 2. The van der Waals surface area contributed by atoms with Gasteiger partial charge in [-0.2, -0.15) is 0 Å². The Morgan fingerprint density at radius 1 is 1.21 bits per heavy atom. The second-order valence-electron chi connectivity index (χ2n) is 10.7. The predicted octanol–water partition coefficient (Wildman–Crippen LogP) is 6.96. The molecule has 1 spiro atoms. The summed E-state index contributed by atoms with van der Waals surface area (Å²) in [6.45, 7) is 5.94. The van der Waals surface area contributed by atoms with Crippen LogP contribution in [-0.2, 0) is 23.9 Å². The molecule has 0 saturated heterocycles. The highest BCUT2D eigenvalue weighted by Crippen LogP contribution is 2.51. The number of carbonyl (C=O) groups is 3. The van der Waals surface area contributed by atoms with Gasteiger partial charge in [0.25, 0.3) is 0 Å². The maximum atomic E-state index is 14.4. The lowest BCUT2D eigenvalue weighted by molar-refractivity contribution is -0.153. The molecule has 1 aromatic carbocycles. The second kappa shape index (κ2) is 12.4. The number of hydrogen-bond donors (Lipinski definition) is 0. The van der Waals surface area contributed by atoms with E-state index in [2.05, 4.69) is 37.3 Å². The van der Waals surface area contributed by atoms with Gasteiger partial charge in [0.2, 0.25) is 0 Å². The van der Waals surface area contributed by atoms with Crippen molar-refractivity contribution in [2.75, 3.05) is 12.9 Å². The number of hydrogen-bond acceptors (Lipinski definition) is 6. The van der Waals surface area contributed by atoms with Crippen LogP contribution in [0.3, 0.4) is 0 Å². The van der Waals surface area contributed by atoms with Crippen molar-refractivity contribution >= 4 is 29.8 Å². The molecule has 1 unspecified atom stereocenters. The lowest BCUT2D eigenvalue weighted by Crippen LogP contribution is -2.42. The number of methoxy groups -OCH3 is 1. The Hall–Kier alpha value is -3.12. The van der Waals surface area contributed by atoms with Crippen molar-refractivity contribution < 1.29 is 23.9 Å². The molecule has 0 fully saturated rings. The van der Waals surface area contributed by atoms with Crippen LogP contribution in [0, 0.1) is 17.3 Å². The van der Waals surface area contributed by atoms with E-state index in [0.29, 0.717) is 37.0 Å². The van der Waals surface area contributed by atoms with E-state index < -0.39 is 17.0 Å². The molecule has 206 valence electrons. The molecule has 5 nitrogen and oxygen atoms in total. The van der Waals surface area contributed by atoms with Gasteiger partial charge in [0.15, 0.2) is 17.1 Å². The third-order valence-electron chi connectivity index (χ3n) is 8.33. The zero-order valence-corrected chi connectivity index (χ0v) is 24.1. The topological polar surface area (TPSA) is 69.7 Å². The summed E-state index contributed by atoms with van der Waals surface area (Å²) in [4.78, 5) is 40.7. The van der Waals surface area contributed by atoms with Crippen molar-refractivity contribution in [2.45, 2.75) is 63.4 Å². The van der Waals surface area contributed by atoms with Gasteiger partial charge in [-0.3, -0.25) is 9.59 Å². The number of allylic oxidation sites excluding steroid dienone is 5. The fraction of sp³-hybridized carbons (Fsp3) is 0.424. The van der Waals surface area contributed by atoms with Gasteiger partial charge in [-0.05, 0) is 50.3 Å². The first kappa shape index (κ1) is 28.9. The number of ketones is 1. The third-order valence-corrected chi connectivity index (χ3v) is 9.27. The number of thioether (sulfide) groups is 1. The molecule has 0 bridgehead atoms. The van der Waals surface area contributed by atoms with E-state index in [1.165, 1.54) is 12.0 Å². The molecule has 1 aromatic rings. The molecule has 3 aliphatic rings. The first-order valence-electron chi connectivity index (χ1n) is 13.7. The van der Waals surface area contributed by atoms with Crippen molar-refractivity contribution in [3.63, 3.8) is 0 Å². The summed E-state index contributed by atoms with van der Waals surface area (Å²) in [5, 5.41) is 0. The van der Waals surface area contributed by atoms with Crippen molar-refractivity contribution in [3.05, 3.63) is 89.3 Å². The molecule has 1 heterocycles. The van der Waals surface area contributed by atoms with Crippen LogP contribution in [0.15, 0.2) is 94.2 Å². The zero-order valence-electron chi connectivity index (χ0n) is 23.3. The minimum absolute atomic E-state index is 0.0182. The van der Waals surface area contributed by atoms with Crippen molar-refractivity contribution in [3.8, 4) is 0 Å². The van der Waals surface area contributed by atoms with Crippen LogP contribution in [0.1, 0.15) is 52.9 Å². The monoisotopic (exact) mass is 546 g/mol. The van der Waals surface area contributed by atoms with Crippen LogP contribution in [-0.4, -0.2) is 36.5 Å². The molecule has 4 atom stereocenters. The highest BCUT2D eigenvalue weighted by Gasteiger charge is 2.58. The minimum atomic E-state index is -1.12. The first-order chi connectivity index (χ1) is 18.8. The van der Waals surface area contributed by atoms with Crippen LogP contribution >= 0.6 is 11.8 Å². The second-order valence-corrected chi connectivity index (χ2v) is 11.8. The molecule has 1 aliphatic heterocycles. The Kier molecular flexibility index (Phi) is 9.16. The zero-order chi connectivity index (χ0) is 28.0. The molecule has 0 saturated carbocycles. The number of aldehydes is 1. The largest absolute Gasteiger partial charge is 0.496 e. The molecular formula is C33H38O5S. The molecule has 2 aliphatic carbocycles. The van der Waals surface area contributed by atoms with Crippen molar-refractivity contribution in [1.29, 1.82) is 0 Å². The average molecular weight is 547 g/mol. The van der Waals surface area contributed by atoms with Gasteiger partial charge < -0.3 is 9.47 Å². The van der Waals surface area contributed by atoms with E-state index in [-0.39, 0.29) is 23.2 Å². The molecular weight excluding hydrogens is 508 g/mol. The molecule has 0 aromatic heterocycles. The summed E-state index contributed by atoms with van der Waals surface area (Å²) in [5.41, 5.74) is -0.179. The maximum absolute atomic E-state index is 14.4. The molecule has 6 heteroatoms. The van der Waals surface area contributed by atoms with Crippen molar-refractivity contribution in [1.82, 2.24) is 0 Å². The standard InChI is InChI=1S/C33H38O5S/c1-5-24(22-34)21-25-13-9-12-19-33(25)30(37-4)28(31(36)38-33)29(35)32(3)18-11-10-16-27(32)23(2)17-20-39-26-14-7-6-8-15-26/h6-10,12,14-17,21-22,25,27H,5,11,13,18-20H2,1-4H3/b23-17+,24-21+/t25-,27-,32-,33?/m0/s1. The summed E-state index contributed by atoms with van der Waals surface area (Å²) in [6.07, 6.45) is 16.1. The minimum Gasteiger partial charge on any atom is -0.496 e. The van der Waals surface area contributed by atoms with Gasteiger partial charge in [0.1, 0.15) is 11.9 Å². The molecule has 4 rings (SSSR count).